The lowest BCUT2D eigenvalue weighted by atomic mass is 10.2. The van der Waals surface area contributed by atoms with E-state index >= 15 is 0 Å². The summed E-state index contributed by atoms with van der Waals surface area (Å²) < 4.78 is 24.4. The number of benzene rings is 1. The van der Waals surface area contributed by atoms with Crippen molar-refractivity contribution in [1.29, 1.82) is 0 Å². The number of carboxylic acid groups (broad SMARTS) is 1. The third-order valence-electron chi connectivity index (χ3n) is 2.56. The van der Waals surface area contributed by atoms with E-state index in [0.717, 1.165) is 22.7 Å². The maximum Gasteiger partial charge on any atom is 0.303 e. The summed E-state index contributed by atoms with van der Waals surface area (Å²) in [4.78, 5) is 20.6. The number of rotatable bonds is 7. The van der Waals surface area contributed by atoms with Crippen molar-refractivity contribution in [2.45, 2.75) is 12.8 Å². The number of nitrogens with zero attached hydrogens (tertiary/aromatic N) is 2. The van der Waals surface area contributed by atoms with Gasteiger partial charge in [-0.25, -0.2) is 8.42 Å². The fraction of sp³-hybridized carbons (Fsp3) is 0.364. The van der Waals surface area contributed by atoms with E-state index in [1.807, 2.05) is 0 Å². The number of non-ortho nitro benzene ring substituents is 1. The molecule has 0 aliphatic rings. The fourth-order valence-electron chi connectivity index (χ4n) is 1.64. The van der Waals surface area contributed by atoms with Crippen molar-refractivity contribution in [2.24, 2.45) is 0 Å². The van der Waals surface area contributed by atoms with E-state index in [-0.39, 0.29) is 35.8 Å². The standard InChI is InChI=1S/C11H13ClN2O6S/c1-21(19,20)13(6-2-3-11(15)16)10-7-8(14(17)18)4-5-9(10)12/h4-5,7H,2-3,6H2,1H3,(H,15,16). The van der Waals surface area contributed by atoms with Crippen LogP contribution in [-0.4, -0.2) is 37.2 Å². The number of anilines is 1. The molecule has 0 bridgehead atoms. The van der Waals surface area contributed by atoms with Gasteiger partial charge >= 0.3 is 5.97 Å². The van der Waals surface area contributed by atoms with Crippen LogP contribution in [0.25, 0.3) is 0 Å². The Labute approximate surface area is 126 Å². The Bertz CT molecular complexity index is 661. The maximum atomic E-state index is 11.8. The maximum absolute atomic E-state index is 11.8. The predicted molar refractivity (Wildman–Crippen MR) is 77.2 cm³/mol. The van der Waals surface area contributed by atoms with Crippen LogP contribution < -0.4 is 4.31 Å². The summed E-state index contributed by atoms with van der Waals surface area (Å²) in [7, 11) is -3.75. The molecule has 0 fully saturated rings. The number of carboxylic acids is 1. The van der Waals surface area contributed by atoms with Crippen molar-refractivity contribution in [3.63, 3.8) is 0 Å². The molecule has 0 heterocycles. The molecule has 0 saturated carbocycles. The van der Waals surface area contributed by atoms with Crippen molar-refractivity contribution in [2.75, 3.05) is 17.1 Å². The highest BCUT2D eigenvalue weighted by atomic mass is 35.5. The second-order valence-corrected chi connectivity index (χ2v) is 6.54. The summed E-state index contributed by atoms with van der Waals surface area (Å²) in [5, 5.41) is 19.4. The van der Waals surface area contributed by atoms with Gasteiger partial charge in [-0.1, -0.05) is 11.6 Å². The van der Waals surface area contributed by atoms with E-state index in [9.17, 15) is 23.3 Å². The SMILES string of the molecule is CS(=O)(=O)N(CCCC(=O)O)c1cc([N+](=O)[O-])ccc1Cl. The molecule has 0 spiro atoms. The van der Waals surface area contributed by atoms with Crippen LogP contribution in [0.1, 0.15) is 12.8 Å². The monoisotopic (exact) mass is 336 g/mol. The van der Waals surface area contributed by atoms with Gasteiger partial charge in [-0.05, 0) is 12.5 Å². The summed E-state index contributed by atoms with van der Waals surface area (Å²) in [6.45, 7) is -0.133. The summed E-state index contributed by atoms with van der Waals surface area (Å²) in [6, 6.07) is 3.43. The fourth-order valence-corrected chi connectivity index (χ4v) is 2.88. The Morgan fingerprint density at radius 1 is 1.48 bits per heavy atom. The van der Waals surface area contributed by atoms with E-state index in [1.54, 1.807) is 0 Å². The first-order valence-corrected chi connectivity index (χ1v) is 7.99. The Morgan fingerprint density at radius 2 is 2.10 bits per heavy atom. The van der Waals surface area contributed by atoms with Crippen molar-refractivity contribution in [1.82, 2.24) is 0 Å². The smallest absolute Gasteiger partial charge is 0.303 e. The van der Waals surface area contributed by atoms with Crippen LogP contribution >= 0.6 is 11.6 Å². The van der Waals surface area contributed by atoms with Crippen LogP contribution in [-0.2, 0) is 14.8 Å². The molecule has 0 aliphatic heterocycles. The molecule has 1 aromatic rings. The Kier molecular flexibility index (Phi) is 5.50. The van der Waals surface area contributed by atoms with Gasteiger partial charge < -0.3 is 5.11 Å². The van der Waals surface area contributed by atoms with Crippen LogP contribution in [0.4, 0.5) is 11.4 Å². The number of sulfonamides is 1. The minimum atomic E-state index is -3.75. The largest absolute Gasteiger partial charge is 0.481 e. The minimum absolute atomic E-state index is 0.0290. The van der Waals surface area contributed by atoms with E-state index < -0.39 is 20.9 Å². The van der Waals surface area contributed by atoms with E-state index in [2.05, 4.69) is 0 Å². The average Bonchev–Trinajstić information content (AvgIpc) is 2.33. The second-order valence-electron chi connectivity index (χ2n) is 4.23. The van der Waals surface area contributed by atoms with Crippen molar-refractivity contribution < 1.29 is 23.2 Å². The number of aliphatic carboxylic acids is 1. The number of nitro groups is 1. The van der Waals surface area contributed by atoms with Crippen LogP contribution in [0.3, 0.4) is 0 Å². The summed E-state index contributed by atoms with van der Waals surface area (Å²) in [5.41, 5.74) is -0.347. The number of halogens is 1. The van der Waals surface area contributed by atoms with Crippen LogP contribution in [0.15, 0.2) is 18.2 Å². The van der Waals surface area contributed by atoms with Gasteiger partial charge in [0.1, 0.15) is 0 Å². The summed E-state index contributed by atoms with van der Waals surface area (Å²) >= 11 is 5.90. The topological polar surface area (TPSA) is 118 Å². The van der Waals surface area contributed by atoms with Crippen LogP contribution in [0.5, 0.6) is 0 Å². The molecular formula is C11H13ClN2O6S. The van der Waals surface area contributed by atoms with Gasteiger partial charge in [-0.2, -0.15) is 0 Å². The first-order valence-electron chi connectivity index (χ1n) is 5.76. The normalized spacial score (nSPS) is 11.1. The Hall–Kier alpha value is -1.87. The second kappa shape index (κ2) is 6.72. The number of nitro benzene ring substituents is 1. The predicted octanol–water partition coefficient (Wildman–Crippen LogP) is 1.88. The molecule has 116 valence electrons. The zero-order valence-electron chi connectivity index (χ0n) is 11.0. The first kappa shape index (κ1) is 17.2. The molecular weight excluding hydrogens is 324 g/mol. The lowest BCUT2D eigenvalue weighted by molar-refractivity contribution is -0.384. The number of hydrogen-bond acceptors (Lipinski definition) is 5. The first-order chi connectivity index (χ1) is 9.62. The molecule has 0 aliphatic carbocycles. The third-order valence-corrected chi connectivity index (χ3v) is 4.06. The van der Waals surface area contributed by atoms with Gasteiger partial charge in [0.05, 0.1) is 21.9 Å². The van der Waals surface area contributed by atoms with E-state index in [4.69, 9.17) is 16.7 Å². The zero-order valence-corrected chi connectivity index (χ0v) is 12.6. The molecule has 0 amide bonds. The molecule has 1 aromatic carbocycles. The van der Waals surface area contributed by atoms with Crippen molar-refractivity contribution in [3.05, 3.63) is 33.3 Å². The van der Waals surface area contributed by atoms with Gasteiger partial charge in [0.15, 0.2) is 0 Å². The van der Waals surface area contributed by atoms with Gasteiger partial charge in [0, 0.05) is 25.1 Å². The number of carbonyl (C=O) groups is 1. The summed E-state index contributed by atoms with van der Waals surface area (Å²) in [6.07, 6.45) is 0.753. The lowest BCUT2D eigenvalue weighted by Crippen LogP contribution is -2.31. The highest BCUT2D eigenvalue weighted by Gasteiger charge is 2.22. The van der Waals surface area contributed by atoms with Crippen LogP contribution in [0, 0.1) is 10.1 Å². The lowest BCUT2D eigenvalue weighted by Gasteiger charge is -2.22. The Balaban J connectivity index is 3.17. The summed E-state index contributed by atoms with van der Waals surface area (Å²) in [5.74, 6) is -1.06. The highest BCUT2D eigenvalue weighted by Crippen LogP contribution is 2.31. The molecule has 1 rings (SSSR count). The van der Waals surface area contributed by atoms with Gasteiger partial charge in [0.25, 0.3) is 5.69 Å². The quantitative estimate of drug-likeness (QED) is 0.600. The third kappa shape index (κ3) is 4.87. The van der Waals surface area contributed by atoms with Crippen molar-refractivity contribution >= 4 is 39.0 Å². The van der Waals surface area contributed by atoms with Gasteiger partial charge in [-0.3, -0.25) is 19.2 Å². The van der Waals surface area contributed by atoms with E-state index in [1.165, 1.54) is 6.07 Å². The molecule has 0 atom stereocenters. The van der Waals surface area contributed by atoms with Crippen molar-refractivity contribution in [3.8, 4) is 0 Å². The zero-order chi connectivity index (χ0) is 16.2. The molecule has 8 nitrogen and oxygen atoms in total. The van der Waals surface area contributed by atoms with Crippen LogP contribution in [0.2, 0.25) is 5.02 Å². The Morgan fingerprint density at radius 3 is 2.57 bits per heavy atom. The number of hydrogen-bond donors (Lipinski definition) is 1. The molecule has 0 saturated heterocycles. The molecule has 21 heavy (non-hydrogen) atoms. The molecule has 1 N–H and O–H groups in total. The van der Waals surface area contributed by atoms with Gasteiger partial charge in [-0.15, -0.1) is 0 Å². The van der Waals surface area contributed by atoms with E-state index in [0.29, 0.717) is 0 Å². The molecule has 0 aromatic heterocycles. The highest BCUT2D eigenvalue weighted by molar-refractivity contribution is 7.92. The molecule has 10 heteroatoms. The minimum Gasteiger partial charge on any atom is -0.481 e. The molecule has 0 unspecified atom stereocenters. The molecule has 0 radical (unpaired) electrons. The average molecular weight is 337 g/mol. The van der Waals surface area contributed by atoms with Gasteiger partial charge in [0.2, 0.25) is 10.0 Å².